The molecule has 0 rings (SSSR count). The molecule has 0 bridgehead atoms. The van der Waals surface area contributed by atoms with Gasteiger partial charge in [-0.3, -0.25) is 9.36 Å². The fraction of sp³-hybridized carbons (Fsp3) is 0.951. The van der Waals surface area contributed by atoms with E-state index in [1.807, 2.05) is 21.1 Å². The zero-order valence-electron chi connectivity index (χ0n) is 47.8. The van der Waals surface area contributed by atoms with E-state index in [2.05, 4.69) is 31.3 Å². The molecular formula is C61H123N2O6P. The molecule has 0 saturated carbocycles. The molecule has 0 aromatic carbocycles. The zero-order chi connectivity index (χ0) is 51.3. The minimum atomic E-state index is -4.57. The fourth-order valence-electron chi connectivity index (χ4n) is 9.63. The third kappa shape index (κ3) is 55.0. The van der Waals surface area contributed by atoms with Crippen LogP contribution >= 0.6 is 7.82 Å². The van der Waals surface area contributed by atoms with Crippen molar-refractivity contribution in [2.45, 2.75) is 334 Å². The maximum atomic E-state index is 13.0. The van der Waals surface area contributed by atoms with Gasteiger partial charge in [-0.2, -0.15) is 0 Å². The molecule has 0 aliphatic rings. The predicted molar refractivity (Wildman–Crippen MR) is 302 cm³/mol. The highest BCUT2D eigenvalue weighted by Gasteiger charge is 2.24. The van der Waals surface area contributed by atoms with E-state index in [1.165, 1.54) is 257 Å². The smallest absolute Gasteiger partial charge is 0.268 e. The Hall–Kier alpha value is -0.760. The summed E-state index contributed by atoms with van der Waals surface area (Å²) in [5.41, 5.74) is 0. The topological polar surface area (TPSA) is 108 Å². The number of nitrogens with zero attached hydrogens (tertiary/aromatic N) is 1. The number of carbonyl (C=O) groups excluding carboxylic acids is 1. The second-order valence-electron chi connectivity index (χ2n) is 22.8. The highest BCUT2D eigenvalue weighted by atomic mass is 31.2. The molecule has 0 aliphatic carbocycles. The van der Waals surface area contributed by atoms with E-state index in [9.17, 15) is 19.4 Å². The van der Waals surface area contributed by atoms with Crippen molar-refractivity contribution in [3.8, 4) is 0 Å². The molecule has 0 spiro atoms. The minimum absolute atomic E-state index is 0.0152. The van der Waals surface area contributed by atoms with Crippen LogP contribution in [0.2, 0.25) is 0 Å². The van der Waals surface area contributed by atoms with Gasteiger partial charge in [0.25, 0.3) is 7.82 Å². The Kier molecular flexibility index (Phi) is 52.5. The van der Waals surface area contributed by atoms with Gasteiger partial charge in [-0.15, -0.1) is 0 Å². The molecule has 0 heterocycles. The number of phosphoric ester groups is 1. The Bertz CT molecular complexity index is 1150. The molecule has 0 radical (unpaired) electrons. The first-order chi connectivity index (χ1) is 34.0. The van der Waals surface area contributed by atoms with Gasteiger partial charge in [0.05, 0.1) is 39.9 Å². The van der Waals surface area contributed by atoms with Gasteiger partial charge >= 0.3 is 0 Å². The minimum Gasteiger partial charge on any atom is -0.756 e. The number of rotatable bonds is 58. The van der Waals surface area contributed by atoms with Gasteiger partial charge in [-0.1, -0.05) is 289 Å². The summed E-state index contributed by atoms with van der Waals surface area (Å²) in [5.74, 6) is -0.158. The van der Waals surface area contributed by atoms with Crippen LogP contribution in [0.4, 0.5) is 0 Å². The second kappa shape index (κ2) is 53.1. The number of unbranched alkanes of at least 4 members (excludes halogenated alkanes) is 43. The zero-order valence-corrected chi connectivity index (χ0v) is 48.6. The fourth-order valence-corrected chi connectivity index (χ4v) is 10.4. The first kappa shape index (κ1) is 69.2. The Labute approximate surface area is 437 Å². The number of hydrogen-bond donors (Lipinski definition) is 2. The first-order valence-corrected chi connectivity index (χ1v) is 32.5. The molecule has 3 unspecified atom stereocenters. The van der Waals surface area contributed by atoms with Crippen molar-refractivity contribution in [3.05, 3.63) is 12.2 Å². The van der Waals surface area contributed by atoms with Crippen molar-refractivity contribution in [1.82, 2.24) is 5.32 Å². The molecule has 9 heteroatoms. The molecule has 0 fully saturated rings. The van der Waals surface area contributed by atoms with Crippen LogP contribution in [0.5, 0.6) is 0 Å². The number of aliphatic hydroxyl groups is 1. The van der Waals surface area contributed by atoms with Crippen molar-refractivity contribution < 1.29 is 32.9 Å². The Balaban J connectivity index is 4.09. The molecule has 8 nitrogen and oxygen atoms in total. The van der Waals surface area contributed by atoms with Gasteiger partial charge in [-0.25, -0.2) is 0 Å². The lowest BCUT2D eigenvalue weighted by atomic mass is 10.0. The third-order valence-electron chi connectivity index (χ3n) is 14.5. The molecular weight excluding hydrogens is 888 g/mol. The van der Waals surface area contributed by atoms with Crippen LogP contribution in [0.1, 0.15) is 322 Å². The summed E-state index contributed by atoms with van der Waals surface area (Å²) in [6.07, 6.45) is 65.4. The maximum absolute atomic E-state index is 13.0. The van der Waals surface area contributed by atoms with Crippen molar-refractivity contribution in [3.63, 3.8) is 0 Å². The summed E-state index contributed by atoms with van der Waals surface area (Å²) >= 11 is 0. The lowest BCUT2D eigenvalue weighted by Gasteiger charge is -2.30. The average Bonchev–Trinajstić information content (AvgIpc) is 3.32. The van der Waals surface area contributed by atoms with Crippen LogP contribution < -0.4 is 10.2 Å². The van der Waals surface area contributed by atoms with Crippen LogP contribution in [-0.2, 0) is 18.4 Å². The number of nitrogens with one attached hydrogen (secondary N) is 1. The third-order valence-corrected chi connectivity index (χ3v) is 15.5. The van der Waals surface area contributed by atoms with Gasteiger partial charge in [0, 0.05) is 6.42 Å². The number of likely N-dealkylation sites (N-methyl/N-ethyl adjacent to an activating group) is 1. The van der Waals surface area contributed by atoms with Crippen LogP contribution in [0, 0.1) is 0 Å². The maximum Gasteiger partial charge on any atom is 0.268 e. The summed E-state index contributed by atoms with van der Waals surface area (Å²) in [7, 11) is 1.32. The number of carbonyl (C=O) groups is 1. The molecule has 0 aromatic rings. The van der Waals surface area contributed by atoms with E-state index in [-0.39, 0.29) is 19.1 Å². The summed E-state index contributed by atoms with van der Waals surface area (Å²) < 4.78 is 23.5. The molecule has 3 atom stereocenters. The molecule has 1 amide bonds. The molecule has 0 aromatic heterocycles. The standard InChI is InChI=1S/C61H123N2O6P/c1-6-8-10-12-14-16-18-20-22-24-26-28-30-31-33-35-37-39-41-43-45-47-49-51-53-55-61(65)62-59(58-69-70(66,67)68-57-56-63(3,4)5)60(64)54-52-50-48-46-44-42-40-38-36-34-32-29-27-25-23-21-19-17-15-13-11-9-7-2/h24,26,59-60,64H,6-23,25,27-58H2,1-5H3,(H-,62,65,66,67)/b26-24-. The normalized spacial score (nSPS) is 13.9. The number of quaternary nitrogens is 1. The van der Waals surface area contributed by atoms with Gasteiger partial charge in [0.1, 0.15) is 13.2 Å². The Morgan fingerprint density at radius 1 is 0.486 bits per heavy atom. The van der Waals surface area contributed by atoms with Gasteiger partial charge in [0.2, 0.25) is 5.91 Å². The van der Waals surface area contributed by atoms with E-state index in [0.29, 0.717) is 23.9 Å². The van der Waals surface area contributed by atoms with Crippen molar-refractivity contribution >= 4 is 13.7 Å². The quantitative estimate of drug-likeness (QED) is 0.0272. The summed E-state index contributed by atoms with van der Waals surface area (Å²) in [5, 5.41) is 14.1. The van der Waals surface area contributed by atoms with Crippen LogP contribution in [0.25, 0.3) is 0 Å². The van der Waals surface area contributed by atoms with Gasteiger partial charge < -0.3 is 28.8 Å². The Morgan fingerprint density at radius 3 is 1.11 bits per heavy atom. The lowest BCUT2D eigenvalue weighted by molar-refractivity contribution is -0.870. The highest BCUT2D eigenvalue weighted by molar-refractivity contribution is 7.45. The highest BCUT2D eigenvalue weighted by Crippen LogP contribution is 2.38. The lowest BCUT2D eigenvalue weighted by Crippen LogP contribution is -2.46. The molecule has 70 heavy (non-hydrogen) atoms. The average molecular weight is 1010 g/mol. The predicted octanol–water partition coefficient (Wildman–Crippen LogP) is 18.4. The summed E-state index contributed by atoms with van der Waals surface area (Å²) in [6.45, 7) is 4.78. The van der Waals surface area contributed by atoms with Crippen molar-refractivity contribution in [2.75, 3.05) is 40.9 Å². The van der Waals surface area contributed by atoms with E-state index < -0.39 is 20.0 Å². The largest absolute Gasteiger partial charge is 0.756 e. The van der Waals surface area contributed by atoms with Crippen molar-refractivity contribution in [2.24, 2.45) is 0 Å². The number of allylic oxidation sites excluding steroid dienone is 2. The molecule has 2 N–H and O–H groups in total. The monoisotopic (exact) mass is 1010 g/mol. The number of amides is 1. The van der Waals surface area contributed by atoms with E-state index >= 15 is 0 Å². The Morgan fingerprint density at radius 2 is 0.786 bits per heavy atom. The van der Waals surface area contributed by atoms with E-state index in [0.717, 1.165) is 38.5 Å². The van der Waals surface area contributed by atoms with Crippen LogP contribution in [-0.4, -0.2) is 68.5 Å². The number of aliphatic hydroxyl groups excluding tert-OH is 1. The van der Waals surface area contributed by atoms with Crippen molar-refractivity contribution in [1.29, 1.82) is 0 Å². The SMILES string of the molecule is CCCCCCCCCC/C=C\CCCCCCCCCCCCCCCC(=O)NC(COP(=O)([O-])OCC[N+](C)(C)C)C(O)CCCCCCCCCCCCCCCCCCCCCCCCC. The summed E-state index contributed by atoms with van der Waals surface area (Å²) in [4.78, 5) is 25.6. The second-order valence-corrected chi connectivity index (χ2v) is 24.2. The van der Waals surface area contributed by atoms with E-state index in [4.69, 9.17) is 9.05 Å². The molecule has 0 aliphatic heterocycles. The first-order valence-electron chi connectivity index (χ1n) is 31.0. The van der Waals surface area contributed by atoms with E-state index in [1.54, 1.807) is 0 Å². The van der Waals surface area contributed by atoms with Gasteiger partial charge in [-0.05, 0) is 38.5 Å². The summed E-state index contributed by atoms with van der Waals surface area (Å²) in [6, 6.07) is -0.798. The van der Waals surface area contributed by atoms with Gasteiger partial charge in [0.15, 0.2) is 0 Å². The number of phosphoric acid groups is 1. The van der Waals surface area contributed by atoms with Crippen LogP contribution in [0.3, 0.4) is 0 Å². The van der Waals surface area contributed by atoms with Crippen LogP contribution in [0.15, 0.2) is 12.2 Å². The molecule has 0 saturated heterocycles. The number of hydrogen-bond acceptors (Lipinski definition) is 6. The molecule has 418 valence electrons.